The van der Waals surface area contributed by atoms with Gasteiger partial charge < -0.3 is 5.32 Å². The molecular formula is C21H21FN2O3S2. The summed E-state index contributed by atoms with van der Waals surface area (Å²) in [6, 6.07) is 14.4. The predicted molar refractivity (Wildman–Crippen MR) is 112 cm³/mol. The summed E-state index contributed by atoms with van der Waals surface area (Å²) in [4.78, 5) is 17.6. The van der Waals surface area contributed by atoms with Crippen molar-refractivity contribution in [1.29, 1.82) is 0 Å². The second-order valence-electron chi connectivity index (χ2n) is 6.57. The van der Waals surface area contributed by atoms with Crippen molar-refractivity contribution in [3.05, 3.63) is 81.6 Å². The van der Waals surface area contributed by atoms with Gasteiger partial charge in [-0.3, -0.25) is 4.79 Å². The maximum atomic E-state index is 13.0. The standard InChI is InChI=1S/C21H21FN2O3S2/c1-15-20(28-19(24-15)14-16-8-10-17(22)11-9-16)21(25)23-12-5-13-29(26,27)18-6-3-2-4-7-18/h2-4,6-11H,5,12-14H2,1H3,(H,23,25). The van der Waals surface area contributed by atoms with E-state index in [0.29, 0.717) is 23.4 Å². The molecule has 0 aliphatic carbocycles. The van der Waals surface area contributed by atoms with Gasteiger partial charge in [0.2, 0.25) is 0 Å². The lowest BCUT2D eigenvalue weighted by Gasteiger charge is -2.06. The van der Waals surface area contributed by atoms with Gasteiger partial charge in [0.25, 0.3) is 5.91 Å². The Morgan fingerprint density at radius 1 is 1.10 bits per heavy atom. The first-order valence-corrected chi connectivity index (χ1v) is 11.6. The lowest BCUT2D eigenvalue weighted by molar-refractivity contribution is 0.0957. The lowest BCUT2D eigenvalue weighted by Crippen LogP contribution is -2.25. The molecule has 29 heavy (non-hydrogen) atoms. The monoisotopic (exact) mass is 432 g/mol. The molecule has 3 rings (SSSR count). The first-order chi connectivity index (χ1) is 13.8. The third-order valence-electron chi connectivity index (χ3n) is 4.29. The summed E-state index contributed by atoms with van der Waals surface area (Å²) in [6.45, 7) is 2.02. The average Bonchev–Trinajstić information content (AvgIpc) is 3.08. The van der Waals surface area contributed by atoms with Crippen molar-refractivity contribution in [2.45, 2.75) is 24.7 Å². The maximum Gasteiger partial charge on any atom is 0.263 e. The molecule has 5 nitrogen and oxygen atoms in total. The molecule has 0 spiro atoms. The SMILES string of the molecule is Cc1nc(Cc2ccc(F)cc2)sc1C(=O)NCCCS(=O)(=O)c1ccccc1. The van der Waals surface area contributed by atoms with Crippen LogP contribution in [0.3, 0.4) is 0 Å². The van der Waals surface area contributed by atoms with Gasteiger partial charge in [0.05, 0.1) is 21.3 Å². The lowest BCUT2D eigenvalue weighted by atomic mass is 10.1. The van der Waals surface area contributed by atoms with Crippen LogP contribution in [0.4, 0.5) is 4.39 Å². The number of aryl methyl sites for hydroxylation is 1. The van der Waals surface area contributed by atoms with Gasteiger partial charge in [0.1, 0.15) is 10.7 Å². The van der Waals surface area contributed by atoms with Crippen LogP contribution in [-0.4, -0.2) is 31.6 Å². The van der Waals surface area contributed by atoms with Crippen LogP contribution in [0.15, 0.2) is 59.5 Å². The summed E-state index contributed by atoms with van der Waals surface area (Å²) in [5.41, 5.74) is 1.54. The van der Waals surface area contributed by atoms with E-state index in [-0.39, 0.29) is 28.9 Å². The largest absolute Gasteiger partial charge is 0.351 e. The van der Waals surface area contributed by atoms with E-state index in [9.17, 15) is 17.6 Å². The molecule has 152 valence electrons. The Balaban J connectivity index is 1.53. The van der Waals surface area contributed by atoms with E-state index in [0.717, 1.165) is 10.6 Å². The molecule has 8 heteroatoms. The van der Waals surface area contributed by atoms with Crippen LogP contribution in [0, 0.1) is 12.7 Å². The minimum atomic E-state index is -3.35. The van der Waals surface area contributed by atoms with Crippen molar-refractivity contribution in [3.63, 3.8) is 0 Å². The molecule has 0 atom stereocenters. The van der Waals surface area contributed by atoms with Crippen LogP contribution in [0.25, 0.3) is 0 Å². The number of sulfone groups is 1. The highest BCUT2D eigenvalue weighted by molar-refractivity contribution is 7.91. The highest BCUT2D eigenvalue weighted by Gasteiger charge is 2.17. The van der Waals surface area contributed by atoms with E-state index in [1.165, 1.54) is 23.5 Å². The Hall–Kier alpha value is -2.58. The van der Waals surface area contributed by atoms with Gasteiger partial charge in [-0.05, 0) is 43.2 Å². The van der Waals surface area contributed by atoms with Crippen molar-refractivity contribution in [2.75, 3.05) is 12.3 Å². The van der Waals surface area contributed by atoms with E-state index in [1.54, 1.807) is 49.4 Å². The van der Waals surface area contributed by atoms with Gasteiger partial charge in [-0.25, -0.2) is 17.8 Å². The summed E-state index contributed by atoms with van der Waals surface area (Å²) >= 11 is 1.29. The van der Waals surface area contributed by atoms with E-state index >= 15 is 0 Å². The average molecular weight is 433 g/mol. The first-order valence-electron chi connectivity index (χ1n) is 9.12. The minimum absolute atomic E-state index is 0.0330. The molecule has 0 bridgehead atoms. The van der Waals surface area contributed by atoms with Crippen LogP contribution < -0.4 is 5.32 Å². The molecule has 2 aromatic carbocycles. The fraction of sp³-hybridized carbons (Fsp3) is 0.238. The zero-order valence-electron chi connectivity index (χ0n) is 15.9. The van der Waals surface area contributed by atoms with Crippen molar-refractivity contribution in [1.82, 2.24) is 10.3 Å². The number of nitrogens with zero attached hydrogens (tertiary/aromatic N) is 1. The maximum absolute atomic E-state index is 13.0. The van der Waals surface area contributed by atoms with Crippen LogP contribution in [-0.2, 0) is 16.3 Å². The normalized spacial score (nSPS) is 11.4. The van der Waals surface area contributed by atoms with Crippen LogP contribution >= 0.6 is 11.3 Å². The fourth-order valence-corrected chi connectivity index (χ4v) is 5.15. The Morgan fingerprint density at radius 2 is 1.79 bits per heavy atom. The number of amides is 1. The van der Waals surface area contributed by atoms with Gasteiger partial charge in [0, 0.05) is 13.0 Å². The van der Waals surface area contributed by atoms with Gasteiger partial charge in [-0.1, -0.05) is 30.3 Å². The molecule has 0 radical (unpaired) electrons. The first kappa shape index (κ1) is 21.1. The summed E-state index contributed by atoms with van der Waals surface area (Å²) < 4.78 is 37.5. The molecule has 1 N–H and O–H groups in total. The second-order valence-corrected chi connectivity index (χ2v) is 9.76. The summed E-state index contributed by atoms with van der Waals surface area (Å²) in [7, 11) is -3.35. The number of nitrogens with one attached hydrogen (secondary N) is 1. The topological polar surface area (TPSA) is 76.1 Å². The molecular weight excluding hydrogens is 411 g/mol. The number of hydrogen-bond donors (Lipinski definition) is 1. The van der Waals surface area contributed by atoms with Crippen molar-refractivity contribution in [3.8, 4) is 0 Å². The van der Waals surface area contributed by atoms with E-state index in [1.807, 2.05) is 0 Å². The fourth-order valence-electron chi connectivity index (χ4n) is 2.81. The number of hydrogen-bond acceptors (Lipinski definition) is 5. The Morgan fingerprint density at radius 3 is 2.48 bits per heavy atom. The third-order valence-corrected chi connectivity index (χ3v) is 7.27. The number of benzene rings is 2. The molecule has 0 aliphatic heterocycles. The number of carbonyl (C=O) groups is 1. The molecule has 0 saturated carbocycles. The Kier molecular flexibility index (Phi) is 6.76. The summed E-state index contributed by atoms with van der Waals surface area (Å²) in [6.07, 6.45) is 0.845. The summed E-state index contributed by atoms with van der Waals surface area (Å²) in [5, 5.41) is 3.54. The van der Waals surface area contributed by atoms with Crippen molar-refractivity contribution in [2.24, 2.45) is 0 Å². The molecule has 0 fully saturated rings. The second kappa shape index (κ2) is 9.28. The number of aromatic nitrogens is 1. The number of halogens is 1. The van der Waals surface area contributed by atoms with Gasteiger partial charge in [-0.2, -0.15) is 0 Å². The van der Waals surface area contributed by atoms with Crippen LogP contribution in [0.1, 0.15) is 32.4 Å². The molecule has 0 aliphatic rings. The predicted octanol–water partition coefficient (Wildman–Crippen LogP) is 3.78. The molecule has 0 saturated heterocycles. The van der Waals surface area contributed by atoms with Gasteiger partial charge >= 0.3 is 0 Å². The Labute approximate surface area is 173 Å². The van der Waals surface area contributed by atoms with Gasteiger partial charge in [-0.15, -0.1) is 11.3 Å². The van der Waals surface area contributed by atoms with Crippen LogP contribution in [0.2, 0.25) is 0 Å². The van der Waals surface area contributed by atoms with Gasteiger partial charge in [0.15, 0.2) is 9.84 Å². The Bertz CT molecular complexity index is 1080. The number of rotatable bonds is 8. The quantitative estimate of drug-likeness (QED) is 0.550. The van der Waals surface area contributed by atoms with Crippen molar-refractivity contribution >= 4 is 27.1 Å². The molecule has 1 aromatic heterocycles. The zero-order valence-corrected chi connectivity index (χ0v) is 17.5. The van der Waals surface area contributed by atoms with E-state index in [2.05, 4.69) is 10.3 Å². The summed E-state index contributed by atoms with van der Waals surface area (Å²) in [5.74, 6) is -0.588. The molecule has 0 unspecified atom stereocenters. The van der Waals surface area contributed by atoms with E-state index in [4.69, 9.17) is 0 Å². The highest BCUT2D eigenvalue weighted by Crippen LogP contribution is 2.21. The third kappa shape index (κ3) is 5.71. The van der Waals surface area contributed by atoms with E-state index < -0.39 is 9.84 Å². The smallest absolute Gasteiger partial charge is 0.263 e. The van der Waals surface area contributed by atoms with Crippen LogP contribution in [0.5, 0.6) is 0 Å². The van der Waals surface area contributed by atoms with Crippen molar-refractivity contribution < 1.29 is 17.6 Å². The molecule has 1 amide bonds. The zero-order chi connectivity index (χ0) is 20.9. The molecule has 1 heterocycles. The number of carbonyl (C=O) groups excluding carboxylic acids is 1. The highest BCUT2D eigenvalue weighted by atomic mass is 32.2. The molecule has 3 aromatic rings. The minimum Gasteiger partial charge on any atom is -0.351 e. The number of thiazole rings is 1.